The van der Waals surface area contributed by atoms with Crippen LogP contribution >= 0.6 is 0 Å². The first-order valence-corrected chi connectivity index (χ1v) is 8.49. The second-order valence-corrected chi connectivity index (χ2v) is 5.96. The van der Waals surface area contributed by atoms with Crippen LogP contribution in [-0.4, -0.2) is 20.7 Å². The Morgan fingerprint density at radius 3 is 2.56 bits per heavy atom. The van der Waals surface area contributed by atoms with Crippen molar-refractivity contribution in [2.45, 2.75) is 13.5 Å². The molecule has 0 aliphatic rings. The summed E-state index contributed by atoms with van der Waals surface area (Å²) in [4.78, 5) is 16.7. The lowest BCUT2D eigenvalue weighted by Gasteiger charge is -2.05. The van der Waals surface area contributed by atoms with Crippen molar-refractivity contribution in [2.24, 2.45) is 0 Å². The molecule has 0 aliphatic heterocycles. The van der Waals surface area contributed by atoms with E-state index in [1.54, 1.807) is 23.0 Å². The van der Waals surface area contributed by atoms with E-state index in [0.717, 1.165) is 11.3 Å². The van der Waals surface area contributed by atoms with E-state index in [1.807, 2.05) is 61.7 Å². The zero-order valence-electron chi connectivity index (χ0n) is 14.7. The van der Waals surface area contributed by atoms with Crippen molar-refractivity contribution in [2.75, 3.05) is 0 Å². The predicted molar refractivity (Wildman–Crippen MR) is 99.4 cm³/mol. The number of carbonyl (C=O) groups excluding carboxylic acids is 1. The van der Waals surface area contributed by atoms with Crippen LogP contribution < -0.4 is 0 Å². The lowest BCUT2D eigenvalue weighted by Crippen LogP contribution is -2.06. The molecule has 0 atom stereocenters. The highest BCUT2D eigenvalue weighted by Gasteiger charge is 2.14. The van der Waals surface area contributed by atoms with Crippen molar-refractivity contribution >= 4 is 5.97 Å². The van der Waals surface area contributed by atoms with E-state index in [9.17, 15) is 4.79 Å². The molecule has 0 radical (unpaired) electrons. The van der Waals surface area contributed by atoms with Crippen LogP contribution in [0, 0.1) is 6.92 Å². The number of oxazole rings is 1. The fourth-order valence-electron chi connectivity index (χ4n) is 2.66. The zero-order chi connectivity index (χ0) is 18.6. The molecule has 0 N–H and O–H groups in total. The molecular weight excluding hydrogens is 342 g/mol. The van der Waals surface area contributed by atoms with Gasteiger partial charge in [-0.1, -0.05) is 18.2 Å². The van der Waals surface area contributed by atoms with E-state index in [1.165, 1.54) is 0 Å². The third-order valence-corrected chi connectivity index (χ3v) is 4.13. The Hall–Kier alpha value is -3.67. The minimum absolute atomic E-state index is 0.0574. The number of aromatic nitrogens is 3. The molecule has 2 heterocycles. The highest BCUT2D eigenvalue weighted by molar-refractivity contribution is 5.89. The van der Waals surface area contributed by atoms with E-state index < -0.39 is 5.97 Å². The maximum absolute atomic E-state index is 12.3. The Labute approximate surface area is 156 Å². The number of benzene rings is 2. The molecule has 27 heavy (non-hydrogen) atoms. The number of carbonyl (C=O) groups is 1. The van der Waals surface area contributed by atoms with Crippen molar-refractivity contribution in [3.05, 3.63) is 90.1 Å². The Morgan fingerprint density at radius 2 is 1.85 bits per heavy atom. The van der Waals surface area contributed by atoms with E-state index in [0.29, 0.717) is 22.9 Å². The molecule has 0 saturated carbocycles. The van der Waals surface area contributed by atoms with Gasteiger partial charge in [-0.3, -0.25) is 0 Å². The van der Waals surface area contributed by atoms with Crippen molar-refractivity contribution < 1.29 is 13.9 Å². The fraction of sp³-hybridized carbons (Fsp3) is 0.0952. The molecule has 0 fully saturated rings. The van der Waals surface area contributed by atoms with E-state index in [4.69, 9.17) is 9.15 Å². The van der Waals surface area contributed by atoms with Crippen LogP contribution in [0.1, 0.15) is 21.8 Å². The number of hydrogen-bond acceptors (Lipinski definition) is 5. The Kier molecular flexibility index (Phi) is 4.53. The van der Waals surface area contributed by atoms with Crippen LogP contribution in [0.15, 0.2) is 77.5 Å². The molecule has 6 heteroatoms. The molecule has 2 aromatic heterocycles. The van der Waals surface area contributed by atoms with Gasteiger partial charge in [-0.2, -0.15) is 5.10 Å². The fourth-order valence-corrected chi connectivity index (χ4v) is 2.66. The van der Waals surface area contributed by atoms with Gasteiger partial charge < -0.3 is 9.15 Å². The average Bonchev–Trinajstić information content (AvgIpc) is 3.37. The van der Waals surface area contributed by atoms with E-state index in [-0.39, 0.29) is 6.61 Å². The van der Waals surface area contributed by atoms with Gasteiger partial charge in [-0.05, 0) is 49.4 Å². The molecule has 0 spiro atoms. The maximum Gasteiger partial charge on any atom is 0.338 e. The summed E-state index contributed by atoms with van der Waals surface area (Å²) in [5.41, 5.74) is 2.83. The number of hydrogen-bond donors (Lipinski definition) is 0. The first-order valence-electron chi connectivity index (χ1n) is 8.49. The van der Waals surface area contributed by atoms with Gasteiger partial charge in [-0.25, -0.2) is 14.5 Å². The monoisotopic (exact) mass is 359 g/mol. The van der Waals surface area contributed by atoms with Gasteiger partial charge in [0.05, 0.1) is 11.3 Å². The number of aryl methyl sites for hydroxylation is 1. The molecule has 0 bridgehead atoms. The summed E-state index contributed by atoms with van der Waals surface area (Å²) in [5.74, 6) is 0.740. The molecule has 6 nitrogen and oxygen atoms in total. The molecule has 0 aliphatic carbocycles. The van der Waals surface area contributed by atoms with Crippen LogP contribution in [-0.2, 0) is 11.3 Å². The Balaban J connectivity index is 1.43. The molecule has 0 amide bonds. The third-order valence-electron chi connectivity index (χ3n) is 4.13. The predicted octanol–water partition coefficient (Wildman–Crippen LogP) is 4.19. The molecule has 0 unspecified atom stereocenters. The summed E-state index contributed by atoms with van der Waals surface area (Å²) in [5, 5.41) is 4.16. The van der Waals surface area contributed by atoms with Gasteiger partial charge in [0, 0.05) is 18.0 Å². The lowest BCUT2D eigenvalue weighted by molar-refractivity contribution is 0.0467. The summed E-state index contributed by atoms with van der Waals surface area (Å²) in [6, 6.07) is 18.5. The summed E-state index contributed by atoms with van der Waals surface area (Å²) >= 11 is 0. The highest BCUT2D eigenvalue weighted by atomic mass is 16.5. The Bertz CT molecular complexity index is 1040. The van der Waals surface area contributed by atoms with Crippen LogP contribution in [0.4, 0.5) is 0 Å². The van der Waals surface area contributed by atoms with Gasteiger partial charge >= 0.3 is 5.97 Å². The highest BCUT2D eigenvalue weighted by Crippen LogP contribution is 2.22. The minimum atomic E-state index is -0.411. The van der Waals surface area contributed by atoms with Crippen molar-refractivity contribution in [3.8, 4) is 17.1 Å². The third kappa shape index (κ3) is 3.64. The van der Waals surface area contributed by atoms with Crippen LogP contribution in [0.25, 0.3) is 17.1 Å². The molecule has 134 valence electrons. The number of ether oxygens (including phenoxy) is 1. The normalized spacial score (nSPS) is 10.7. The standard InChI is InChI=1S/C21H17N3O3/c1-15-19(23-20(27-15)16-6-3-2-4-7-16)14-26-21(25)17-8-10-18(11-9-17)24-13-5-12-22-24/h2-13H,14H2,1H3. The number of nitrogens with zero attached hydrogens (tertiary/aromatic N) is 3. The Morgan fingerprint density at radius 1 is 1.07 bits per heavy atom. The summed E-state index contributed by atoms with van der Waals surface area (Å²) in [6.07, 6.45) is 3.54. The SMILES string of the molecule is Cc1oc(-c2ccccc2)nc1COC(=O)c1ccc(-n2cccn2)cc1. The van der Waals surface area contributed by atoms with Gasteiger partial charge in [0.1, 0.15) is 18.1 Å². The van der Waals surface area contributed by atoms with Gasteiger partial charge in [-0.15, -0.1) is 0 Å². The average molecular weight is 359 g/mol. The summed E-state index contributed by atoms with van der Waals surface area (Å²) in [6.45, 7) is 1.86. The number of esters is 1. The minimum Gasteiger partial charge on any atom is -0.455 e. The molecule has 0 saturated heterocycles. The second kappa shape index (κ2) is 7.29. The van der Waals surface area contributed by atoms with Gasteiger partial charge in [0.2, 0.25) is 5.89 Å². The van der Waals surface area contributed by atoms with Crippen LogP contribution in [0.5, 0.6) is 0 Å². The zero-order valence-corrected chi connectivity index (χ0v) is 14.7. The van der Waals surface area contributed by atoms with Crippen LogP contribution in [0.2, 0.25) is 0 Å². The van der Waals surface area contributed by atoms with Crippen LogP contribution in [0.3, 0.4) is 0 Å². The first kappa shape index (κ1) is 16.8. The van der Waals surface area contributed by atoms with Gasteiger partial charge in [0.25, 0.3) is 0 Å². The first-order chi connectivity index (χ1) is 13.2. The maximum atomic E-state index is 12.3. The summed E-state index contributed by atoms with van der Waals surface area (Å²) in [7, 11) is 0. The second-order valence-electron chi connectivity index (χ2n) is 5.96. The number of rotatable bonds is 5. The molecule has 4 rings (SSSR count). The van der Waals surface area contributed by atoms with Gasteiger partial charge in [0.15, 0.2) is 0 Å². The lowest BCUT2D eigenvalue weighted by atomic mass is 10.2. The molecule has 2 aromatic carbocycles. The smallest absolute Gasteiger partial charge is 0.338 e. The largest absolute Gasteiger partial charge is 0.455 e. The van der Waals surface area contributed by atoms with E-state index >= 15 is 0 Å². The summed E-state index contributed by atoms with van der Waals surface area (Å²) < 4.78 is 12.8. The molecule has 4 aromatic rings. The van der Waals surface area contributed by atoms with Crippen molar-refractivity contribution in [1.82, 2.24) is 14.8 Å². The van der Waals surface area contributed by atoms with Crippen molar-refractivity contribution in [1.29, 1.82) is 0 Å². The quantitative estimate of drug-likeness (QED) is 0.500. The molecular formula is C21H17N3O3. The topological polar surface area (TPSA) is 70.2 Å². The van der Waals surface area contributed by atoms with Crippen molar-refractivity contribution in [3.63, 3.8) is 0 Å². The van der Waals surface area contributed by atoms with E-state index in [2.05, 4.69) is 10.1 Å².